The predicted octanol–water partition coefficient (Wildman–Crippen LogP) is 3.23. The SMILES string of the molecule is O=C(c1ccnc(Nc2cccc(Cl)c2)c1)N1CCN(c2ncccn2)CC1. The summed E-state index contributed by atoms with van der Waals surface area (Å²) < 4.78 is 0. The van der Waals surface area contributed by atoms with Crippen molar-refractivity contribution in [3.63, 3.8) is 0 Å². The first-order valence-corrected chi connectivity index (χ1v) is 9.37. The third kappa shape index (κ3) is 4.20. The van der Waals surface area contributed by atoms with Crippen LogP contribution in [0.25, 0.3) is 0 Å². The first-order chi connectivity index (χ1) is 13.7. The Kier molecular flexibility index (Phi) is 5.34. The Morgan fingerprint density at radius 2 is 1.71 bits per heavy atom. The summed E-state index contributed by atoms with van der Waals surface area (Å²) in [5.74, 6) is 1.29. The van der Waals surface area contributed by atoms with Crippen molar-refractivity contribution in [3.05, 3.63) is 71.6 Å². The van der Waals surface area contributed by atoms with Crippen LogP contribution in [0.4, 0.5) is 17.5 Å². The number of amides is 1. The highest BCUT2D eigenvalue weighted by Crippen LogP contribution is 2.20. The second-order valence-electron chi connectivity index (χ2n) is 6.39. The molecule has 1 fully saturated rings. The monoisotopic (exact) mass is 394 g/mol. The molecule has 1 amide bonds. The van der Waals surface area contributed by atoms with Gasteiger partial charge in [0.15, 0.2) is 0 Å². The molecule has 1 N–H and O–H groups in total. The van der Waals surface area contributed by atoms with Crippen molar-refractivity contribution in [1.29, 1.82) is 0 Å². The fourth-order valence-corrected chi connectivity index (χ4v) is 3.28. The molecule has 4 rings (SSSR count). The molecule has 1 aliphatic rings. The van der Waals surface area contributed by atoms with E-state index in [4.69, 9.17) is 11.6 Å². The van der Waals surface area contributed by atoms with Crippen molar-refractivity contribution in [3.8, 4) is 0 Å². The van der Waals surface area contributed by atoms with Gasteiger partial charge in [-0.1, -0.05) is 17.7 Å². The van der Waals surface area contributed by atoms with Crippen molar-refractivity contribution >= 4 is 35.0 Å². The first-order valence-electron chi connectivity index (χ1n) is 8.99. The normalized spacial score (nSPS) is 14.0. The van der Waals surface area contributed by atoms with E-state index in [1.807, 2.05) is 23.1 Å². The van der Waals surface area contributed by atoms with Gasteiger partial charge in [0, 0.05) is 61.0 Å². The molecule has 1 aromatic carbocycles. The number of piperazine rings is 1. The van der Waals surface area contributed by atoms with Crippen molar-refractivity contribution in [2.75, 3.05) is 36.4 Å². The molecule has 28 heavy (non-hydrogen) atoms. The Morgan fingerprint density at radius 3 is 2.46 bits per heavy atom. The lowest BCUT2D eigenvalue weighted by Gasteiger charge is -2.34. The maximum atomic E-state index is 12.9. The van der Waals surface area contributed by atoms with E-state index in [0.717, 1.165) is 5.69 Å². The lowest BCUT2D eigenvalue weighted by atomic mass is 10.2. The molecule has 0 atom stereocenters. The van der Waals surface area contributed by atoms with Crippen LogP contribution in [0.2, 0.25) is 5.02 Å². The van der Waals surface area contributed by atoms with Crippen LogP contribution in [0.15, 0.2) is 61.1 Å². The largest absolute Gasteiger partial charge is 0.340 e. The van der Waals surface area contributed by atoms with Crippen LogP contribution in [0, 0.1) is 0 Å². The standard InChI is InChI=1S/C20H19ClN6O/c21-16-3-1-4-17(14-16)25-18-13-15(5-8-22-18)19(28)26-9-11-27(12-10-26)20-23-6-2-7-24-20/h1-8,13-14H,9-12H2,(H,22,25). The third-order valence-electron chi connectivity index (χ3n) is 4.51. The van der Waals surface area contributed by atoms with Gasteiger partial charge in [-0.15, -0.1) is 0 Å². The van der Waals surface area contributed by atoms with E-state index in [2.05, 4.69) is 25.2 Å². The van der Waals surface area contributed by atoms with Gasteiger partial charge in [-0.05, 0) is 36.4 Å². The maximum Gasteiger partial charge on any atom is 0.254 e. The van der Waals surface area contributed by atoms with Crippen LogP contribution >= 0.6 is 11.6 Å². The Hall–Kier alpha value is -3.19. The number of hydrogen-bond donors (Lipinski definition) is 1. The molecule has 0 unspecified atom stereocenters. The molecule has 0 aliphatic carbocycles. The second-order valence-corrected chi connectivity index (χ2v) is 6.83. The number of nitrogens with one attached hydrogen (secondary N) is 1. The number of nitrogens with zero attached hydrogens (tertiary/aromatic N) is 5. The highest BCUT2D eigenvalue weighted by Gasteiger charge is 2.23. The lowest BCUT2D eigenvalue weighted by Crippen LogP contribution is -2.49. The Labute approximate surface area is 168 Å². The van der Waals surface area contributed by atoms with Gasteiger partial charge in [-0.2, -0.15) is 0 Å². The zero-order valence-corrected chi connectivity index (χ0v) is 15.9. The van der Waals surface area contributed by atoms with Crippen LogP contribution in [-0.2, 0) is 0 Å². The molecule has 3 heterocycles. The van der Waals surface area contributed by atoms with Gasteiger partial charge in [-0.3, -0.25) is 4.79 Å². The Balaban J connectivity index is 1.41. The van der Waals surface area contributed by atoms with Gasteiger partial charge in [0.05, 0.1) is 0 Å². The van der Waals surface area contributed by atoms with Crippen molar-refractivity contribution in [2.24, 2.45) is 0 Å². The minimum atomic E-state index is -0.00910. The molecule has 0 saturated carbocycles. The maximum absolute atomic E-state index is 12.9. The predicted molar refractivity (Wildman–Crippen MR) is 109 cm³/mol. The summed E-state index contributed by atoms with van der Waals surface area (Å²) in [4.78, 5) is 29.7. The second kappa shape index (κ2) is 8.22. The van der Waals surface area contributed by atoms with Crippen molar-refractivity contribution in [1.82, 2.24) is 19.9 Å². The van der Waals surface area contributed by atoms with Crippen LogP contribution in [-0.4, -0.2) is 51.9 Å². The molecular formula is C20H19ClN6O. The molecule has 2 aromatic heterocycles. The van der Waals surface area contributed by atoms with E-state index < -0.39 is 0 Å². The first kappa shape index (κ1) is 18.2. The molecule has 142 valence electrons. The number of carbonyl (C=O) groups is 1. The van der Waals surface area contributed by atoms with Gasteiger partial charge in [0.1, 0.15) is 5.82 Å². The van der Waals surface area contributed by atoms with E-state index in [-0.39, 0.29) is 5.91 Å². The molecule has 1 aliphatic heterocycles. The van der Waals surface area contributed by atoms with Crippen LogP contribution in [0.3, 0.4) is 0 Å². The average Bonchev–Trinajstić information content (AvgIpc) is 2.74. The van der Waals surface area contributed by atoms with E-state index in [1.165, 1.54) is 0 Å². The van der Waals surface area contributed by atoms with E-state index >= 15 is 0 Å². The van der Waals surface area contributed by atoms with E-state index in [9.17, 15) is 4.79 Å². The summed E-state index contributed by atoms with van der Waals surface area (Å²) in [5, 5.41) is 3.82. The fraction of sp³-hybridized carbons (Fsp3) is 0.200. The number of carbonyl (C=O) groups excluding carboxylic acids is 1. The van der Waals surface area contributed by atoms with Crippen LogP contribution in [0.1, 0.15) is 10.4 Å². The minimum Gasteiger partial charge on any atom is -0.340 e. The third-order valence-corrected chi connectivity index (χ3v) is 4.74. The quantitative estimate of drug-likeness (QED) is 0.732. The summed E-state index contributed by atoms with van der Waals surface area (Å²) in [5.41, 5.74) is 1.42. The number of halogens is 1. The van der Waals surface area contributed by atoms with Gasteiger partial charge >= 0.3 is 0 Å². The number of anilines is 3. The number of pyridine rings is 1. The highest BCUT2D eigenvalue weighted by molar-refractivity contribution is 6.30. The smallest absolute Gasteiger partial charge is 0.254 e. The molecule has 8 heteroatoms. The van der Waals surface area contributed by atoms with Gasteiger partial charge in [-0.25, -0.2) is 15.0 Å². The zero-order valence-electron chi connectivity index (χ0n) is 15.1. The molecular weight excluding hydrogens is 376 g/mol. The Morgan fingerprint density at radius 1 is 0.929 bits per heavy atom. The molecule has 0 spiro atoms. The van der Waals surface area contributed by atoms with E-state index in [0.29, 0.717) is 48.5 Å². The van der Waals surface area contributed by atoms with Crippen molar-refractivity contribution in [2.45, 2.75) is 0 Å². The molecule has 0 radical (unpaired) electrons. The average molecular weight is 395 g/mol. The topological polar surface area (TPSA) is 74.2 Å². The summed E-state index contributed by atoms with van der Waals surface area (Å²) >= 11 is 6.02. The highest BCUT2D eigenvalue weighted by atomic mass is 35.5. The van der Waals surface area contributed by atoms with Gasteiger partial charge in [0.25, 0.3) is 5.91 Å². The number of benzene rings is 1. The number of rotatable bonds is 4. The summed E-state index contributed by atoms with van der Waals surface area (Å²) in [7, 11) is 0. The Bertz CT molecular complexity index is 960. The van der Waals surface area contributed by atoms with Gasteiger partial charge in [0.2, 0.25) is 5.95 Å². The summed E-state index contributed by atoms with van der Waals surface area (Å²) in [6, 6.07) is 12.7. The van der Waals surface area contributed by atoms with Crippen LogP contribution < -0.4 is 10.2 Å². The minimum absolute atomic E-state index is 0.00910. The van der Waals surface area contributed by atoms with Gasteiger partial charge < -0.3 is 15.1 Å². The number of aromatic nitrogens is 3. The van der Waals surface area contributed by atoms with Crippen molar-refractivity contribution < 1.29 is 4.79 Å². The van der Waals surface area contributed by atoms with Crippen LogP contribution in [0.5, 0.6) is 0 Å². The zero-order chi connectivity index (χ0) is 19.3. The molecule has 3 aromatic rings. The molecule has 7 nitrogen and oxygen atoms in total. The fourth-order valence-electron chi connectivity index (χ4n) is 3.09. The summed E-state index contributed by atoms with van der Waals surface area (Å²) in [6.45, 7) is 2.65. The van der Waals surface area contributed by atoms with E-state index in [1.54, 1.807) is 42.9 Å². The number of hydrogen-bond acceptors (Lipinski definition) is 6. The molecule has 1 saturated heterocycles. The summed E-state index contributed by atoms with van der Waals surface area (Å²) in [6.07, 6.45) is 5.09. The molecule has 0 bridgehead atoms. The lowest BCUT2D eigenvalue weighted by molar-refractivity contribution is 0.0746.